The van der Waals surface area contributed by atoms with Crippen LogP contribution in [-0.4, -0.2) is 136 Å². The Kier molecular flexibility index (Phi) is 14.7. The van der Waals surface area contributed by atoms with Gasteiger partial charge in [-0.25, -0.2) is 24.5 Å². The lowest BCUT2D eigenvalue weighted by molar-refractivity contribution is -0.192. The summed E-state index contributed by atoms with van der Waals surface area (Å²) in [5.74, 6) is -2.52. The quantitative estimate of drug-likeness (QED) is 0.0853. The number of hydrogen-bond acceptors (Lipinski definition) is 10. The standard InChI is InChI=1S/C48H51N11O6.C2HF3O2/c1-28(2)44(56(3)48(64)65)47(63)58-21-7-11-40(58)46-51-24-36(54-46)30-14-12-29(13-15-30)35-23-49-34-22-32(16-18-33(34)53-35)37-25-52-45(55-37)39-10-6-20-57(39)43(62)26-50-41(60)27-59-38-9-5-4-8-31(38)17-19-42(59)61;3-2(4,5)1(6)7/h4-5,8-9,12-16,18,22-25,28,39-40,44H,6-7,10-11,17,19-21,26-27H2,1-3H3,(H,50,60)(H,51,54)(H,52,55)(H,64,65);(H,6,7)/t39-,40-,44-;/m0./s1. The number of benzene rings is 3. The number of nitrogens with one attached hydrogen (secondary N) is 3. The van der Waals surface area contributed by atoms with Crippen LogP contribution in [0.1, 0.15) is 75.2 Å². The van der Waals surface area contributed by atoms with Crippen molar-refractivity contribution in [1.29, 1.82) is 0 Å². The predicted molar refractivity (Wildman–Crippen MR) is 256 cm³/mol. The van der Waals surface area contributed by atoms with Gasteiger partial charge in [-0.15, -0.1) is 0 Å². The Bertz CT molecular complexity index is 3010. The molecule has 3 aliphatic rings. The molecule has 3 aromatic carbocycles. The largest absolute Gasteiger partial charge is 0.490 e. The van der Waals surface area contributed by atoms with Gasteiger partial charge >= 0.3 is 18.2 Å². The Labute approximate surface area is 410 Å². The van der Waals surface area contributed by atoms with Crippen molar-refractivity contribution in [3.8, 4) is 33.8 Å². The molecule has 9 rings (SSSR count). The summed E-state index contributed by atoms with van der Waals surface area (Å²) in [5, 5.41) is 19.5. The minimum atomic E-state index is -5.08. The van der Waals surface area contributed by atoms with Crippen molar-refractivity contribution in [3.05, 3.63) is 103 Å². The number of H-pyrrole nitrogens is 2. The molecule has 3 aliphatic heterocycles. The molecule has 0 saturated carbocycles. The van der Waals surface area contributed by atoms with E-state index in [1.54, 1.807) is 28.4 Å². The van der Waals surface area contributed by atoms with E-state index in [0.29, 0.717) is 48.8 Å². The third-order valence-corrected chi connectivity index (χ3v) is 13.1. The number of likely N-dealkylation sites (N-methyl/N-ethyl adjacent to an activating group) is 1. The Morgan fingerprint density at radius 3 is 2.03 bits per heavy atom. The van der Waals surface area contributed by atoms with Crippen molar-refractivity contribution in [2.24, 2.45) is 5.92 Å². The number of fused-ring (bicyclic) bond motifs is 2. The van der Waals surface area contributed by atoms with Gasteiger partial charge in [0.2, 0.25) is 23.6 Å². The topological polar surface area (TPSA) is 251 Å². The molecule has 5 N–H and O–H groups in total. The van der Waals surface area contributed by atoms with E-state index in [0.717, 1.165) is 75.4 Å². The van der Waals surface area contributed by atoms with Crippen molar-refractivity contribution < 1.29 is 52.2 Å². The number of halogens is 3. The molecule has 2 saturated heterocycles. The van der Waals surface area contributed by atoms with Gasteiger partial charge in [-0.3, -0.25) is 29.1 Å². The highest BCUT2D eigenvalue weighted by Gasteiger charge is 2.40. The maximum absolute atomic E-state index is 13.6. The third kappa shape index (κ3) is 10.9. The van der Waals surface area contributed by atoms with Crippen LogP contribution in [0.2, 0.25) is 0 Å². The lowest BCUT2D eigenvalue weighted by Crippen LogP contribution is -2.51. The van der Waals surface area contributed by atoms with Gasteiger partial charge in [0, 0.05) is 43.4 Å². The second-order valence-corrected chi connectivity index (χ2v) is 18.1. The van der Waals surface area contributed by atoms with Gasteiger partial charge in [-0.1, -0.05) is 62.4 Å². The van der Waals surface area contributed by atoms with E-state index in [2.05, 4.69) is 25.3 Å². The number of alkyl halides is 3. The first-order chi connectivity index (χ1) is 34.4. The number of aromatic nitrogens is 6. The van der Waals surface area contributed by atoms with Gasteiger partial charge in [0.15, 0.2) is 0 Å². The molecule has 5 amide bonds. The summed E-state index contributed by atoms with van der Waals surface area (Å²) in [4.78, 5) is 105. The Hall–Kier alpha value is -8.17. The molecule has 6 aromatic rings. The number of rotatable bonds is 12. The molecule has 376 valence electrons. The normalized spacial score (nSPS) is 17.1. The Balaban J connectivity index is 0.000000923. The van der Waals surface area contributed by atoms with Gasteiger partial charge in [-0.05, 0) is 67.3 Å². The van der Waals surface area contributed by atoms with E-state index in [-0.39, 0.29) is 54.7 Å². The van der Waals surface area contributed by atoms with Crippen molar-refractivity contribution in [2.45, 2.75) is 76.7 Å². The fraction of sp³-hybridized carbons (Fsp3) is 0.360. The zero-order valence-electron chi connectivity index (χ0n) is 39.5. The maximum atomic E-state index is 13.6. The fourth-order valence-corrected chi connectivity index (χ4v) is 9.44. The molecule has 6 heterocycles. The van der Waals surface area contributed by atoms with E-state index >= 15 is 0 Å². The highest BCUT2D eigenvalue weighted by molar-refractivity contribution is 6.01. The summed E-state index contributed by atoms with van der Waals surface area (Å²) < 4.78 is 31.7. The first-order valence-corrected chi connectivity index (χ1v) is 23.4. The van der Waals surface area contributed by atoms with E-state index in [1.807, 2.05) is 80.6 Å². The smallest absolute Gasteiger partial charge is 0.475 e. The van der Waals surface area contributed by atoms with Crippen LogP contribution in [0.25, 0.3) is 44.8 Å². The number of carbonyl (C=O) groups excluding carboxylic acids is 4. The number of carbonyl (C=O) groups is 6. The van der Waals surface area contributed by atoms with Crippen molar-refractivity contribution in [2.75, 3.05) is 38.1 Å². The second-order valence-electron chi connectivity index (χ2n) is 18.1. The van der Waals surface area contributed by atoms with Crippen LogP contribution < -0.4 is 10.2 Å². The molecule has 0 spiro atoms. The number of aryl methyl sites for hydroxylation is 1. The molecule has 3 aromatic heterocycles. The zero-order chi connectivity index (χ0) is 51.4. The minimum absolute atomic E-state index is 0.108. The lowest BCUT2D eigenvalue weighted by Gasteiger charge is -2.33. The fourth-order valence-electron chi connectivity index (χ4n) is 9.44. The third-order valence-electron chi connectivity index (χ3n) is 13.1. The summed E-state index contributed by atoms with van der Waals surface area (Å²) in [6.07, 6.45) is 3.11. The van der Waals surface area contributed by atoms with Crippen LogP contribution in [0.3, 0.4) is 0 Å². The van der Waals surface area contributed by atoms with Crippen LogP contribution in [0, 0.1) is 5.92 Å². The number of hydrogen-bond donors (Lipinski definition) is 5. The van der Waals surface area contributed by atoms with E-state index in [1.165, 1.54) is 11.9 Å². The monoisotopic (exact) mass is 991 g/mol. The minimum Gasteiger partial charge on any atom is -0.475 e. The van der Waals surface area contributed by atoms with Gasteiger partial charge in [0.05, 0.1) is 65.3 Å². The van der Waals surface area contributed by atoms with Crippen molar-refractivity contribution in [3.63, 3.8) is 0 Å². The number of imidazole rings is 2. The first kappa shape index (κ1) is 50.2. The van der Waals surface area contributed by atoms with Gasteiger partial charge in [0.1, 0.15) is 24.2 Å². The average molecular weight is 992 g/mol. The maximum Gasteiger partial charge on any atom is 0.490 e. The summed E-state index contributed by atoms with van der Waals surface area (Å²) in [6.45, 7) is 4.49. The summed E-state index contributed by atoms with van der Waals surface area (Å²) >= 11 is 0. The molecular weight excluding hydrogens is 940 g/mol. The van der Waals surface area contributed by atoms with Crippen LogP contribution in [-0.2, 0) is 30.4 Å². The van der Waals surface area contributed by atoms with E-state index < -0.39 is 24.3 Å². The van der Waals surface area contributed by atoms with Crippen LogP contribution >= 0.6 is 0 Å². The second kappa shape index (κ2) is 21.0. The van der Waals surface area contributed by atoms with Crippen LogP contribution in [0.4, 0.5) is 23.7 Å². The number of likely N-dealkylation sites (tertiary alicyclic amines) is 2. The molecule has 0 aliphatic carbocycles. The summed E-state index contributed by atoms with van der Waals surface area (Å²) in [6, 6.07) is 20.0. The molecule has 22 heteroatoms. The average Bonchev–Trinajstić information content (AvgIpc) is 4.22. The number of anilines is 1. The van der Waals surface area contributed by atoms with Crippen molar-refractivity contribution >= 4 is 52.4 Å². The number of amides is 5. The van der Waals surface area contributed by atoms with Gasteiger partial charge < -0.3 is 40.2 Å². The Morgan fingerprint density at radius 2 is 1.39 bits per heavy atom. The lowest BCUT2D eigenvalue weighted by atomic mass is 10.0. The SMILES string of the molecule is CC(C)[C@@H](C(=O)N1CCC[C@H]1c1ncc(-c2ccc(-c3cnc4cc(-c5cnc([C@@H]6CCCN6C(=O)CNC(=O)CN6C(=O)CCc7ccccc76)[nH]5)ccc4n3)cc2)[nH]1)N(C)C(=O)O.O=C(O)C(F)(F)F. The molecule has 72 heavy (non-hydrogen) atoms. The van der Waals surface area contributed by atoms with E-state index in [4.69, 9.17) is 19.9 Å². The van der Waals surface area contributed by atoms with Crippen molar-refractivity contribution in [1.82, 2.24) is 49.9 Å². The number of nitrogens with zero attached hydrogens (tertiary/aromatic N) is 8. The Morgan fingerprint density at radius 1 is 0.792 bits per heavy atom. The van der Waals surface area contributed by atoms with Gasteiger partial charge in [0.25, 0.3) is 0 Å². The molecular formula is C50H52F3N11O8. The molecule has 19 nitrogen and oxygen atoms in total. The molecule has 2 fully saturated rings. The summed E-state index contributed by atoms with van der Waals surface area (Å²) in [5.41, 5.74) is 8.17. The summed E-state index contributed by atoms with van der Waals surface area (Å²) in [7, 11) is 1.44. The number of aliphatic carboxylic acids is 1. The first-order valence-electron chi connectivity index (χ1n) is 23.4. The predicted octanol–water partition coefficient (Wildman–Crippen LogP) is 6.77. The van der Waals surface area contributed by atoms with Crippen LogP contribution in [0.5, 0.6) is 0 Å². The van der Waals surface area contributed by atoms with E-state index in [9.17, 15) is 42.3 Å². The highest BCUT2D eigenvalue weighted by Crippen LogP contribution is 2.35. The molecule has 3 atom stereocenters. The zero-order valence-corrected chi connectivity index (χ0v) is 39.5. The van der Waals surface area contributed by atoms with Gasteiger partial charge in [-0.2, -0.15) is 13.2 Å². The number of carboxylic acids is 1. The number of para-hydroxylation sites is 1. The molecule has 0 radical (unpaired) electrons. The highest BCUT2D eigenvalue weighted by atomic mass is 19.4. The molecule has 0 bridgehead atoms. The number of carboxylic acid groups (broad SMARTS) is 2. The molecule has 0 unspecified atom stereocenters. The number of aromatic amines is 2. The van der Waals surface area contributed by atoms with Crippen LogP contribution in [0.15, 0.2) is 85.3 Å².